The molecule has 0 radical (unpaired) electrons. The van der Waals surface area contributed by atoms with Crippen LogP contribution in [0.2, 0.25) is 0 Å². The number of hydrogen-bond donors (Lipinski definition) is 1. The minimum Gasteiger partial charge on any atom is -0.381 e. The second-order valence-corrected chi connectivity index (χ2v) is 3.57. The van der Waals surface area contributed by atoms with Crippen LogP contribution in [0.15, 0.2) is 0 Å². The van der Waals surface area contributed by atoms with Gasteiger partial charge in [-0.25, -0.2) is 0 Å². The molecule has 1 N–H and O–H groups in total. The molecular weight excluding hydrogens is 162 g/mol. The standard InChI is InChI=1S/C11H19NO/c1-2-3-4-7-12-10-11-5-8-13-9-6-11/h1,11-12H,3-10H2. The molecule has 0 aliphatic carbocycles. The Labute approximate surface area is 81.0 Å². The van der Waals surface area contributed by atoms with E-state index in [2.05, 4.69) is 11.2 Å². The van der Waals surface area contributed by atoms with Gasteiger partial charge in [-0.2, -0.15) is 0 Å². The molecule has 1 fully saturated rings. The van der Waals surface area contributed by atoms with Crippen molar-refractivity contribution in [2.24, 2.45) is 5.92 Å². The smallest absolute Gasteiger partial charge is 0.0469 e. The van der Waals surface area contributed by atoms with Crippen LogP contribution in [0.3, 0.4) is 0 Å². The van der Waals surface area contributed by atoms with Gasteiger partial charge in [-0.15, -0.1) is 12.3 Å². The van der Waals surface area contributed by atoms with Crippen molar-refractivity contribution >= 4 is 0 Å². The normalized spacial score (nSPS) is 18.4. The van der Waals surface area contributed by atoms with E-state index >= 15 is 0 Å². The van der Waals surface area contributed by atoms with E-state index in [1.165, 1.54) is 12.8 Å². The van der Waals surface area contributed by atoms with Crippen molar-refractivity contribution in [3.8, 4) is 12.3 Å². The lowest BCUT2D eigenvalue weighted by molar-refractivity contribution is 0.0663. The zero-order valence-electron chi connectivity index (χ0n) is 8.22. The molecule has 0 spiro atoms. The van der Waals surface area contributed by atoms with Gasteiger partial charge in [0.25, 0.3) is 0 Å². The van der Waals surface area contributed by atoms with Crippen LogP contribution in [-0.2, 0) is 4.74 Å². The molecule has 13 heavy (non-hydrogen) atoms. The average molecular weight is 181 g/mol. The third kappa shape index (κ3) is 4.92. The predicted molar refractivity (Wildman–Crippen MR) is 54.5 cm³/mol. The first-order chi connectivity index (χ1) is 6.43. The molecular formula is C11H19NO. The Morgan fingerprint density at radius 1 is 1.38 bits per heavy atom. The van der Waals surface area contributed by atoms with Crippen molar-refractivity contribution in [2.75, 3.05) is 26.3 Å². The summed E-state index contributed by atoms with van der Waals surface area (Å²) in [5.74, 6) is 3.47. The van der Waals surface area contributed by atoms with Gasteiger partial charge in [0.1, 0.15) is 0 Å². The van der Waals surface area contributed by atoms with Crippen molar-refractivity contribution in [1.82, 2.24) is 5.32 Å². The summed E-state index contributed by atoms with van der Waals surface area (Å²) in [6.45, 7) is 4.07. The third-order valence-electron chi connectivity index (χ3n) is 2.45. The van der Waals surface area contributed by atoms with Gasteiger partial charge in [-0.3, -0.25) is 0 Å². The zero-order valence-corrected chi connectivity index (χ0v) is 8.22. The topological polar surface area (TPSA) is 21.3 Å². The Balaban J connectivity index is 1.90. The van der Waals surface area contributed by atoms with E-state index in [1.54, 1.807) is 0 Å². The van der Waals surface area contributed by atoms with Gasteiger partial charge >= 0.3 is 0 Å². The first kappa shape index (κ1) is 10.6. The van der Waals surface area contributed by atoms with Gasteiger partial charge in [0, 0.05) is 19.6 Å². The molecule has 0 aromatic heterocycles. The predicted octanol–water partition coefficient (Wildman–Crippen LogP) is 1.42. The van der Waals surface area contributed by atoms with Crippen LogP contribution < -0.4 is 5.32 Å². The van der Waals surface area contributed by atoms with Gasteiger partial charge in [0.15, 0.2) is 0 Å². The lowest BCUT2D eigenvalue weighted by atomic mass is 10.0. The van der Waals surface area contributed by atoms with Crippen molar-refractivity contribution in [3.05, 3.63) is 0 Å². The van der Waals surface area contributed by atoms with Crippen molar-refractivity contribution in [2.45, 2.75) is 25.7 Å². The quantitative estimate of drug-likeness (QED) is 0.511. The fourth-order valence-corrected chi connectivity index (χ4v) is 1.57. The number of terminal acetylenes is 1. The van der Waals surface area contributed by atoms with E-state index in [0.717, 1.165) is 45.1 Å². The highest BCUT2D eigenvalue weighted by Gasteiger charge is 2.12. The Bertz CT molecular complexity index is 156. The second kappa shape index (κ2) is 6.94. The largest absolute Gasteiger partial charge is 0.381 e. The molecule has 74 valence electrons. The van der Waals surface area contributed by atoms with Gasteiger partial charge < -0.3 is 10.1 Å². The maximum Gasteiger partial charge on any atom is 0.0469 e. The molecule has 0 saturated carbocycles. The molecule has 0 bridgehead atoms. The van der Waals surface area contributed by atoms with Crippen LogP contribution in [0, 0.1) is 18.3 Å². The van der Waals surface area contributed by atoms with Crippen LogP contribution in [0.4, 0.5) is 0 Å². The molecule has 0 amide bonds. The van der Waals surface area contributed by atoms with Crippen LogP contribution in [0.1, 0.15) is 25.7 Å². The van der Waals surface area contributed by atoms with Gasteiger partial charge in [-0.1, -0.05) is 0 Å². The van der Waals surface area contributed by atoms with E-state index in [4.69, 9.17) is 11.2 Å². The van der Waals surface area contributed by atoms with Crippen LogP contribution in [0.5, 0.6) is 0 Å². The van der Waals surface area contributed by atoms with Crippen molar-refractivity contribution in [3.63, 3.8) is 0 Å². The lowest BCUT2D eigenvalue weighted by Gasteiger charge is -2.22. The summed E-state index contributed by atoms with van der Waals surface area (Å²) in [6, 6.07) is 0. The Hall–Kier alpha value is -0.520. The summed E-state index contributed by atoms with van der Waals surface area (Å²) in [7, 11) is 0. The summed E-state index contributed by atoms with van der Waals surface area (Å²) in [4.78, 5) is 0. The molecule has 1 saturated heterocycles. The Morgan fingerprint density at radius 2 is 2.15 bits per heavy atom. The first-order valence-electron chi connectivity index (χ1n) is 5.15. The fraction of sp³-hybridized carbons (Fsp3) is 0.818. The lowest BCUT2D eigenvalue weighted by Crippen LogP contribution is -2.28. The van der Waals surface area contributed by atoms with Gasteiger partial charge in [0.2, 0.25) is 0 Å². The van der Waals surface area contributed by atoms with E-state index in [1.807, 2.05) is 0 Å². The molecule has 1 rings (SSSR count). The van der Waals surface area contributed by atoms with Crippen LogP contribution >= 0.6 is 0 Å². The fourth-order valence-electron chi connectivity index (χ4n) is 1.57. The Kier molecular flexibility index (Phi) is 5.64. The number of unbranched alkanes of at least 4 members (excludes halogenated alkanes) is 1. The number of ether oxygens (including phenoxy) is 1. The Morgan fingerprint density at radius 3 is 2.85 bits per heavy atom. The maximum absolute atomic E-state index is 5.29. The number of hydrogen-bond acceptors (Lipinski definition) is 2. The monoisotopic (exact) mass is 181 g/mol. The molecule has 0 unspecified atom stereocenters. The van der Waals surface area contributed by atoms with Crippen LogP contribution in [-0.4, -0.2) is 26.3 Å². The van der Waals surface area contributed by atoms with Gasteiger partial charge in [-0.05, 0) is 38.3 Å². The minimum atomic E-state index is 0.819. The maximum atomic E-state index is 5.29. The number of rotatable bonds is 5. The molecule has 1 aliphatic heterocycles. The highest BCUT2D eigenvalue weighted by atomic mass is 16.5. The highest BCUT2D eigenvalue weighted by molar-refractivity contribution is 4.83. The van der Waals surface area contributed by atoms with Crippen molar-refractivity contribution < 1.29 is 4.74 Å². The SMILES string of the molecule is C#CCCCNCC1CCOCC1. The van der Waals surface area contributed by atoms with Crippen LogP contribution in [0.25, 0.3) is 0 Å². The molecule has 1 heterocycles. The third-order valence-corrected chi connectivity index (χ3v) is 2.45. The van der Waals surface area contributed by atoms with E-state index < -0.39 is 0 Å². The summed E-state index contributed by atoms with van der Waals surface area (Å²) >= 11 is 0. The van der Waals surface area contributed by atoms with Crippen molar-refractivity contribution in [1.29, 1.82) is 0 Å². The highest BCUT2D eigenvalue weighted by Crippen LogP contribution is 2.12. The molecule has 0 aromatic rings. The van der Waals surface area contributed by atoms with E-state index in [-0.39, 0.29) is 0 Å². The molecule has 1 aliphatic rings. The first-order valence-corrected chi connectivity index (χ1v) is 5.15. The second-order valence-electron chi connectivity index (χ2n) is 3.57. The summed E-state index contributed by atoms with van der Waals surface area (Å²) < 4.78 is 5.29. The van der Waals surface area contributed by atoms with Gasteiger partial charge in [0.05, 0.1) is 0 Å². The summed E-state index contributed by atoms with van der Waals surface area (Å²) in [5, 5.41) is 3.44. The molecule has 2 nitrogen and oxygen atoms in total. The summed E-state index contributed by atoms with van der Waals surface area (Å²) in [6.07, 6.45) is 9.57. The average Bonchev–Trinajstić information content (AvgIpc) is 2.19. The zero-order chi connectivity index (χ0) is 9.36. The molecule has 0 atom stereocenters. The molecule has 0 aromatic carbocycles. The van der Waals surface area contributed by atoms with E-state index in [0.29, 0.717) is 0 Å². The molecule has 2 heteroatoms. The number of nitrogens with one attached hydrogen (secondary N) is 1. The minimum absolute atomic E-state index is 0.819. The van der Waals surface area contributed by atoms with E-state index in [9.17, 15) is 0 Å². The summed E-state index contributed by atoms with van der Waals surface area (Å²) in [5.41, 5.74) is 0.